The van der Waals surface area contributed by atoms with Crippen LogP contribution in [0.1, 0.15) is 44.2 Å². The van der Waals surface area contributed by atoms with Gasteiger partial charge in [-0.3, -0.25) is 4.79 Å². The fraction of sp³-hybridized carbons (Fsp3) is 0.435. The van der Waals surface area contributed by atoms with E-state index >= 15 is 0 Å². The number of methoxy groups -OCH3 is 2. The fourth-order valence-corrected chi connectivity index (χ4v) is 5.36. The van der Waals surface area contributed by atoms with Crippen LogP contribution in [0.5, 0.6) is 17.2 Å². The summed E-state index contributed by atoms with van der Waals surface area (Å²) in [5, 5.41) is 2.96. The number of hydrogen-bond donors (Lipinski definition) is 2. The van der Waals surface area contributed by atoms with E-state index in [4.69, 9.17) is 25.8 Å². The molecular formula is C23H29ClN2O6S. The van der Waals surface area contributed by atoms with Crippen LogP contribution in [-0.2, 0) is 14.8 Å². The zero-order valence-corrected chi connectivity index (χ0v) is 20.5. The van der Waals surface area contributed by atoms with Crippen LogP contribution in [0, 0.1) is 0 Å². The van der Waals surface area contributed by atoms with Gasteiger partial charge in [-0.15, -0.1) is 0 Å². The molecule has 0 saturated heterocycles. The highest BCUT2D eigenvalue weighted by Gasteiger charge is 2.23. The van der Waals surface area contributed by atoms with Crippen LogP contribution >= 0.6 is 11.6 Å². The van der Waals surface area contributed by atoms with Crippen LogP contribution < -0.4 is 24.2 Å². The highest BCUT2D eigenvalue weighted by Crippen LogP contribution is 2.30. The summed E-state index contributed by atoms with van der Waals surface area (Å²) in [7, 11) is -0.560. The lowest BCUT2D eigenvalue weighted by atomic mass is 10.1. The first-order valence-electron chi connectivity index (χ1n) is 10.7. The minimum absolute atomic E-state index is 0.0407. The maximum Gasteiger partial charge on any atom is 0.258 e. The van der Waals surface area contributed by atoms with Gasteiger partial charge in [0.05, 0.1) is 30.2 Å². The van der Waals surface area contributed by atoms with Crippen molar-refractivity contribution >= 4 is 27.5 Å². The van der Waals surface area contributed by atoms with E-state index in [2.05, 4.69) is 10.0 Å². The molecule has 3 rings (SSSR count). The fourth-order valence-electron chi connectivity index (χ4n) is 3.73. The lowest BCUT2D eigenvalue weighted by Crippen LogP contribution is -2.32. The quantitative estimate of drug-likeness (QED) is 0.518. The summed E-state index contributed by atoms with van der Waals surface area (Å²) >= 11 is 6.22. The second-order valence-electron chi connectivity index (χ2n) is 7.89. The number of sulfonamides is 1. The summed E-state index contributed by atoms with van der Waals surface area (Å²) in [6.45, 7) is 1.56. The number of halogens is 1. The van der Waals surface area contributed by atoms with Gasteiger partial charge in [-0.05, 0) is 55.7 Å². The number of rotatable bonds is 10. The molecule has 1 amide bonds. The molecule has 1 saturated carbocycles. The molecule has 0 heterocycles. The van der Waals surface area contributed by atoms with E-state index in [1.165, 1.54) is 18.2 Å². The Labute approximate surface area is 199 Å². The van der Waals surface area contributed by atoms with E-state index < -0.39 is 10.0 Å². The largest absolute Gasteiger partial charge is 0.493 e. The number of carbonyl (C=O) groups is 1. The lowest BCUT2D eigenvalue weighted by molar-refractivity contribution is -0.123. The maximum absolute atomic E-state index is 12.6. The van der Waals surface area contributed by atoms with Crippen LogP contribution in [0.4, 0.5) is 0 Å². The van der Waals surface area contributed by atoms with Crippen LogP contribution in [0.15, 0.2) is 41.3 Å². The second-order valence-corrected chi connectivity index (χ2v) is 10.0. The van der Waals surface area contributed by atoms with E-state index in [1.54, 1.807) is 26.4 Å². The Morgan fingerprint density at radius 2 is 1.73 bits per heavy atom. The van der Waals surface area contributed by atoms with Gasteiger partial charge in [-0.25, -0.2) is 13.1 Å². The lowest BCUT2D eigenvalue weighted by Gasteiger charge is -2.17. The molecule has 1 atom stereocenters. The minimum atomic E-state index is -3.66. The monoisotopic (exact) mass is 496 g/mol. The van der Waals surface area contributed by atoms with E-state index in [0.29, 0.717) is 11.5 Å². The third kappa shape index (κ3) is 6.52. The first-order valence-corrected chi connectivity index (χ1v) is 12.6. The van der Waals surface area contributed by atoms with Gasteiger partial charge in [0, 0.05) is 6.04 Å². The molecule has 180 valence electrons. The van der Waals surface area contributed by atoms with E-state index in [9.17, 15) is 13.2 Å². The molecule has 0 radical (unpaired) electrons. The first-order chi connectivity index (χ1) is 15.7. The number of nitrogens with one attached hydrogen (secondary N) is 2. The molecule has 1 fully saturated rings. The van der Waals surface area contributed by atoms with Crippen LogP contribution in [0.2, 0.25) is 5.02 Å². The van der Waals surface area contributed by atoms with Gasteiger partial charge in [0.2, 0.25) is 10.0 Å². The normalized spacial score (nSPS) is 15.2. The van der Waals surface area contributed by atoms with Gasteiger partial charge < -0.3 is 19.5 Å². The SMILES string of the molecule is COc1ccc(C(C)NC(=O)COc2ccc(S(=O)(=O)NC3CCCC3)cc2Cl)cc1OC. The zero-order valence-electron chi connectivity index (χ0n) is 18.9. The number of amides is 1. The molecule has 10 heteroatoms. The van der Waals surface area contributed by atoms with E-state index in [-0.39, 0.29) is 40.3 Å². The minimum Gasteiger partial charge on any atom is -0.493 e. The molecule has 1 aliphatic carbocycles. The zero-order chi connectivity index (χ0) is 24.0. The Balaban J connectivity index is 1.57. The average molecular weight is 497 g/mol. The van der Waals surface area contributed by atoms with Gasteiger partial charge in [0.1, 0.15) is 5.75 Å². The molecule has 2 N–H and O–H groups in total. The smallest absolute Gasteiger partial charge is 0.258 e. The number of ether oxygens (including phenoxy) is 3. The molecule has 0 aromatic heterocycles. The number of carbonyl (C=O) groups excluding carboxylic acids is 1. The van der Waals surface area contributed by atoms with Crippen molar-refractivity contribution in [3.63, 3.8) is 0 Å². The standard InChI is InChI=1S/C23H29ClN2O6S/c1-15(16-8-10-21(30-2)22(12-16)31-3)25-23(27)14-32-20-11-9-18(13-19(20)24)33(28,29)26-17-6-4-5-7-17/h8-13,15,17,26H,4-7,14H2,1-3H3,(H,25,27). The van der Waals surface area contributed by atoms with Crippen molar-refractivity contribution in [1.29, 1.82) is 0 Å². The van der Waals surface area contributed by atoms with Crippen molar-refractivity contribution in [3.05, 3.63) is 47.0 Å². The molecule has 2 aromatic carbocycles. The van der Waals surface area contributed by atoms with Crippen molar-refractivity contribution in [1.82, 2.24) is 10.0 Å². The third-order valence-electron chi connectivity index (χ3n) is 5.53. The van der Waals surface area contributed by atoms with Gasteiger partial charge in [-0.1, -0.05) is 30.5 Å². The van der Waals surface area contributed by atoms with Gasteiger partial charge in [0.15, 0.2) is 18.1 Å². The van der Waals surface area contributed by atoms with Crippen molar-refractivity contribution in [2.45, 2.75) is 49.6 Å². The first kappa shape index (κ1) is 25.1. The predicted molar refractivity (Wildman–Crippen MR) is 126 cm³/mol. The van der Waals surface area contributed by atoms with Gasteiger partial charge in [0.25, 0.3) is 5.91 Å². The van der Waals surface area contributed by atoms with Crippen LogP contribution in [0.3, 0.4) is 0 Å². The Bertz CT molecular complexity index is 1090. The topological polar surface area (TPSA) is 103 Å². The summed E-state index contributed by atoms with van der Waals surface area (Å²) in [5.41, 5.74) is 0.836. The Morgan fingerprint density at radius 3 is 2.36 bits per heavy atom. The Kier molecular flexibility index (Phi) is 8.45. The Morgan fingerprint density at radius 1 is 1.06 bits per heavy atom. The van der Waals surface area contributed by atoms with Crippen LogP contribution in [0.25, 0.3) is 0 Å². The highest BCUT2D eigenvalue weighted by atomic mass is 35.5. The molecule has 0 bridgehead atoms. The van der Waals surface area contributed by atoms with E-state index in [1.807, 2.05) is 13.0 Å². The van der Waals surface area contributed by atoms with Crippen LogP contribution in [-0.4, -0.2) is 41.2 Å². The molecule has 2 aromatic rings. The van der Waals surface area contributed by atoms with Gasteiger partial charge >= 0.3 is 0 Å². The average Bonchev–Trinajstić information content (AvgIpc) is 3.29. The summed E-state index contributed by atoms with van der Waals surface area (Å²) in [4.78, 5) is 12.4. The molecule has 1 aliphatic rings. The van der Waals surface area contributed by atoms with Crippen molar-refractivity contribution in [3.8, 4) is 17.2 Å². The van der Waals surface area contributed by atoms with Gasteiger partial charge in [-0.2, -0.15) is 0 Å². The molecule has 33 heavy (non-hydrogen) atoms. The van der Waals surface area contributed by atoms with Crippen molar-refractivity contribution in [2.24, 2.45) is 0 Å². The number of benzene rings is 2. The highest BCUT2D eigenvalue weighted by molar-refractivity contribution is 7.89. The number of hydrogen-bond acceptors (Lipinski definition) is 6. The Hall–Kier alpha value is -2.49. The summed E-state index contributed by atoms with van der Waals surface area (Å²) < 4.78 is 43.9. The van der Waals surface area contributed by atoms with Crippen molar-refractivity contribution < 1.29 is 27.4 Å². The molecule has 0 aliphatic heterocycles. The van der Waals surface area contributed by atoms with E-state index in [0.717, 1.165) is 31.2 Å². The molecule has 8 nitrogen and oxygen atoms in total. The molecule has 0 spiro atoms. The molecular weight excluding hydrogens is 468 g/mol. The summed E-state index contributed by atoms with van der Waals surface area (Å²) in [5.74, 6) is 1.04. The maximum atomic E-state index is 12.6. The summed E-state index contributed by atoms with van der Waals surface area (Å²) in [6, 6.07) is 9.26. The second kappa shape index (κ2) is 11.1. The van der Waals surface area contributed by atoms with Crippen molar-refractivity contribution in [2.75, 3.05) is 20.8 Å². The summed E-state index contributed by atoms with van der Waals surface area (Å²) in [6.07, 6.45) is 3.72. The molecule has 1 unspecified atom stereocenters. The third-order valence-corrected chi connectivity index (χ3v) is 7.35. The predicted octanol–water partition coefficient (Wildman–Crippen LogP) is 3.83.